The van der Waals surface area contributed by atoms with Gasteiger partial charge in [-0.05, 0) is 25.7 Å². The van der Waals surface area contributed by atoms with Crippen LogP contribution in [0.3, 0.4) is 0 Å². The lowest BCUT2D eigenvalue weighted by Gasteiger charge is -2.23. The van der Waals surface area contributed by atoms with Gasteiger partial charge in [0.2, 0.25) is 10.0 Å². The smallest absolute Gasteiger partial charge is 0.212 e. The van der Waals surface area contributed by atoms with E-state index in [-0.39, 0.29) is 0 Å². The topological polar surface area (TPSA) is 80.4 Å². The van der Waals surface area contributed by atoms with Gasteiger partial charge < -0.3 is 5.11 Å². The second-order valence-corrected chi connectivity index (χ2v) is 4.88. The Bertz CT molecular complexity index is 224. The van der Waals surface area contributed by atoms with Crippen LogP contribution in [0.2, 0.25) is 0 Å². The molecule has 1 fully saturated rings. The molecule has 0 saturated heterocycles. The Hall–Kier alpha value is -0.130. The van der Waals surface area contributed by atoms with Gasteiger partial charge in [0.05, 0.1) is 11.4 Å². The molecule has 66 valence electrons. The van der Waals surface area contributed by atoms with Crippen LogP contribution in [0.5, 0.6) is 0 Å². The molecule has 0 spiro atoms. The number of rotatable bonds is 1. The first-order valence-corrected chi connectivity index (χ1v) is 5.31. The summed E-state index contributed by atoms with van der Waals surface area (Å²) in [7, 11) is -3.42. The van der Waals surface area contributed by atoms with Crippen molar-refractivity contribution in [2.75, 3.05) is 0 Å². The highest BCUT2D eigenvalue weighted by atomic mass is 32.2. The van der Waals surface area contributed by atoms with E-state index in [9.17, 15) is 8.42 Å². The van der Waals surface area contributed by atoms with Crippen molar-refractivity contribution >= 4 is 10.0 Å². The summed E-state index contributed by atoms with van der Waals surface area (Å²) in [6.07, 6.45) is 1.87. The van der Waals surface area contributed by atoms with Gasteiger partial charge in [0.25, 0.3) is 0 Å². The van der Waals surface area contributed by atoms with Crippen LogP contribution < -0.4 is 5.14 Å². The molecule has 1 saturated carbocycles. The molecule has 5 heteroatoms. The highest BCUT2D eigenvalue weighted by Gasteiger charge is 2.27. The van der Waals surface area contributed by atoms with Crippen LogP contribution in [0.15, 0.2) is 0 Å². The normalized spacial score (nSPS) is 33.6. The summed E-state index contributed by atoms with van der Waals surface area (Å²) < 4.78 is 21.6. The molecule has 1 aliphatic carbocycles. The Morgan fingerprint density at radius 3 is 2.36 bits per heavy atom. The van der Waals surface area contributed by atoms with Gasteiger partial charge in [-0.3, -0.25) is 0 Å². The van der Waals surface area contributed by atoms with Crippen LogP contribution in [0, 0.1) is 0 Å². The van der Waals surface area contributed by atoms with Crippen LogP contribution in [0.4, 0.5) is 0 Å². The van der Waals surface area contributed by atoms with Gasteiger partial charge in [0.15, 0.2) is 0 Å². The molecular formula is C6H13NO3S. The van der Waals surface area contributed by atoms with Crippen molar-refractivity contribution in [1.29, 1.82) is 0 Å². The van der Waals surface area contributed by atoms with E-state index in [1.165, 1.54) is 0 Å². The molecule has 0 radical (unpaired) electrons. The van der Waals surface area contributed by atoms with E-state index in [1.807, 2.05) is 0 Å². The highest BCUT2D eigenvalue weighted by molar-refractivity contribution is 7.89. The second-order valence-electron chi connectivity index (χ2n) is 3.03. The Balaban J connectivity index is 2.60. The number of primary sulfonamides is 1. The Morgan fingerprint density at radius 2 is 2.00 bits per heavy atom. The number of nitrogens with two attached hydrogens (primary N) is 1. The summed E-state index contributed by atoms with van der Waals surface area (Å²) in [5.41, 5.74) is 0. The second kappa shape index (κ2) is 3.08. The van der Waals surface area contributed by atoms with Crippen LogP contribution in [-0.2, 0) is 10.0 Å². The maximum atomic E-state index is 10.8. The zero-order chi connectivity index (χ0) is 8.48. The van der Waals surface area contributed by atoms with Gasteiger partial charge in [0, 0.05) is 0 Å². The minimum absolute atomic E-state index is 0.304. The van der Waals surface area contributed by atoms with E-state index in [0.29, 0.717) is 19.3 Å². The predicted molar refractivity (Wildman–Crippen MR) is 41.4 cm³/mol. The van der Waals surface area contributed by atoms with Crippen LogP contribution >= 0.6 is 0 Å². The van der Waals surface area contributed by atoms with Gasteiger partial charge in [-0.2, -0.15) is 0 Å². The molecule has 0 aromatic carbocycles. The van der Waals surface area contributed by atoms with Gasteiger partial charge >= 0.3 is 0 Å². The summed E-state index contributed by atoms with van der Waals surface area (Å²) in [5.74, 6) is 0. The molecule has 4 nitrogen and oxygen atoms in total. The van der Waals surface area contributed by atoms with Gasteiger partial charge in [0.1, 0.15) is 0 Å². The van der Waals surface area contributed by atoms with Gasteiger partial charge in [-0.15, -0.1) is 0 Å². The fourth-order valence-corrected chi connectivity index (χ4v) is 2.40. The molecule has 2 unspecified atom stereocenters. The lowest BCUT2D eigenvalue weighted by atomic mass is 9.97. The molecular weight excluding hydrogens is 166 g/mol. The Kier molecular flexibility index (Phi) is 2.51. The van der Waals surface area contributed by atoms with Crippen molar-refractivity contribution in [1.82, 2.24) is 0 Å². The standard InChI is InChI=1S/C6H13NO3S/c7-11(9,10)6-3-1-2-5(8)4-6/h5-6,8H,1-4H2,(H2,7,9,10). The largest absolute Gasteiger partial charge is 0.393 e. The highest BCUT2D eigenvalue weighted by Crippen LogP contribution is 2.22. The van der Waals surface area contributed by atoms with E-state index in [4.69, 9.17) is 10.2 Å². The summed E-state index contributed by atoms with van der Waals surface area (Å²) in [5, 5.41) is 13.5. The number of hydrogen-bond donors (Lipinski definition) is 2. The first-order chi connectivity index (χ1) is 5.00. The molecule has 2 atom stereocenters. The van der Waals surface area contributed by atoms with Crippen LogP contribution in [-0.4, -0.2) is 24.9 Å². The van der Waals surface area contributed by atoms with E-state index < -0.39 is 21.4 Å². The van der Waals surface area contributed by atoms with Crippen molar-refractivity contribution in [2.24, 2.45) is 5.14 Å². The summed E-state index contributed by atoms with van der Waals surface area (Å²) in [6.45, 7) is 0. The van der Waals surface area contributed by atoms with Gasteiger partial charge in [-0.25, -0.2) is 13.6 Å². The maximum absolute atomic E-state index is 10.8. The molecule has 0 aromatic rings. The average molecular weight is 179 g/mol. The van der Waals surface area contributed by atoms with E-state index in [1.54, 1.807) is 0 Å². The first kappa shape index (κ1) is 8.96. The maximum Gasteiger partial charge on any atom is 0.212 e. The van der Waals surface area contributed by atoms with E-state index >= 15 is 0 Å². The summed E-state index contributed by atoms with van der Waals surface area (Å²) in [6, 6.07) is 0. The molecule has 0 heterocycles. The zero-order valence-corrected chi connectivity index (χ0v) is 7.05. The molecule has 0 bridgehead atoms. The fourth-order valence-electron chi connectivity index (χ4n) is 1.42. The quantitative estimate of drug-likeness (QED) is 0.573. The Morgan fingerprint density at radius 1 is 1.36 bits per heavy atom. The average Bonchev–Trinajstić information content (AvgIpc) is 1.86. The molecule has 1 aliphatic rings. The lowest BCUT2D eigenvalue weighted by Crippen LogP contribution is -2.34. The first-order valence-electron chi connectivity index (χ1n) is 3.70. The zero-order valence-electron chi connectivity index (χ0n) is 6.23. The molecule has 11 heavy (non-hydrogen) atoms. The van der Waals surface area contributed by atoms with Crippen LogP contribution in [0.1, 0.15) is 25.7 Å². The third-order valence-corrected chi connectivity index (χ3v) is 3.42. The fraction of sp³-hybridized carbons (Fsp3) is 1.00. The minimum atomic E-state index is -3.42. The molecule has 0 amide bonds. The van der Waals surface area contributed by atoms with Crippen molar-refractivity contribution in [3.05, 3.63) is 0 Å². The van der Waals surface area contributed by atoms with Crippen LogP contribution in [0.25, 0.3) is 0 Å². The Labute approximate surface area is 66.5 Å². The molecule has 3 N–H and O–H groups in total. The number of hydrogen-bond acceptors (Lipinski definition) is 3. The third-order valence-electron chi connectivity index (χ3n) is 2.06. The number of aliphatic hydroxyl groups is 1. The minimum Gasteiger partial charge on any atom is -0.393 e. The predicted octanol–water partition coefficient (Wildman–Crippen LogP) is -0.422. The van der Waals surface area contributed by atoms with Gasteiger partial charge in [-0.1, -0.05) is 0 Å². The molecule has 0 aliphatic heterocycles. The summed E-state index contributed by atoms with van der Waals surface area (Å²) in [4.78, 5) is 0. The van der Waals surface area contributed by atoms with Crippen molar-refractivity contribution < 1.29 is 13.5 Å². The van der Waals surface area contributed by atoms with Crippen molar-refractivity contribution in [2.45, 2.75) is 37.0 Å². The molecule has 0 aromatic heterocycles. The van der Waals surface area contributed by atoms with E-state index in [0.717, 1.165) is 6.42 Å². The number of aliphatic hydroxyl groups excluding tert-OH is 1. The van der Waals surface area contributed by atoms with Crippen molar-refractivity contribution in [3.8, 4) is 0 Å². The number of sulfonamides is 1. The summed E-state index contributed by atoms with van der Waals surface area (Å²) >= 11 is 0. The monoisotopic (exact) mass is 179 g/mol. The molecule has 1 rings (SSSR count). The van der Waals surface area contributed by atoms with Crippen molar-refractivity contribution in [3.63, 3.8) is 0 Å². The third kappa shape index (κ3) is 2.43. The SMILES string of the molecule is NS(=O)(=O)C1CCCC(O)C1. The lowest BCUT2D eigenvalue weighted by molar-refractivity contribution is 0.131. The van der Waals surface area contributed by atoms with E-state index in [2.05, 4.69) is 0 Å².